The van der Waals surface area contributed by atoms with Gasteiger partial charge in [0.2, 0.25) is 5.91 Å². The summed E-state index contributed by atoms with van der Waals surface area (Å²) in [5.41, 5.74) is 1.42. The molecule has 0 aliphatic carbocycles. The predicted molar refractivity (Wildman–Crippen MR) is 116 cm³/mol. The van der Waals surface area contributed by atoms with Crippen LogP contribution in [0.2, 0.25) is 0 Å². The molecule has 1 aliphatic rings. The van der Waals surface area contributed by atoms with Gasteiger partial charge in [-0.3, -0.25) is 9.69 Å². The van der Waals surface area contributed by atoms with Gasteiger partial charge in [0, 0.05) is 24.3 Å². The second kappa shape index (κ2) is 9.55. The van der Waals surface area contributed by atoms with Gasteiger partial charge in [0.15, 0.2) is 0 Å². The standard InChI is InChI=1S/C25H25FN2O2/c26-24-11-5-4-7-19(24)17-28-16-6-8-20(18-28)25(29)27-21-12-14-23(15-13-21)30-22-9-2-1-3-10-22/h1-5,7,9-15,20H,6,8,16-18H2,(H,27,29). The van der Waals surface area contributed by atoms with Crippen LogP contribution in [0.25, 0.3) is 0 Å². The molecule has 3 aromatic carbocycles. The molecule has 3 aromatic rings. The SMILES string of the molecule is O=C(Nc1ccc(Oc2ccccc2)cc1)C1CCCN(Cc2ccccc2F)C1. The Morgan fingerprint density at radius 3 is 2.43 bits per heavy atom. The number of halogens is 1. The minimum absolute atomic E-state index is 0.00459. The number of rotatable bonds is 6. The normalized spacial score (nSPS) is 16.8. The zero-order valence-corrected chi connectivity index (χ0v) is 16.8. The molecule has 4 rings (SSSR count). The van der Waals surface area contributed by atoms with Gasteiger partial charge in [-0.05, 0) is 61.9 Å². The monoisotopic (exact) mass is 404 g/mol. The molecule has 0 radical (unpaired) electrons. The van der Waals surface area contributed by atoms with Crippen LogP contribution in [-0.2, 0) is 11.3 Å². The maximum absolute atomic E-state index is 13.9. The summed E-state index contributed by atoms with van der Waals surface area (Å²) in [6, 6.07) is 23.8. The first kappa shape index (κ1) is 20.1. The number of piperidine rings is 1. The van der Waals surface area contributed by atoms with E-state index in [1.165, 1.54) is 6.07 Å². The minimum Gasteiger partial charge on any atom is -0.457 e. The number of hydrogen-bond donors (Lipinski definition) is 1. The number of nitrogens with zero attached hydrogens (tertiary/aromatic N) is 1. The fourth-order valence-corrected chi connectivity index (χ4v) is 3.76. The number of hydrogen-bond acceptors (Lipinski definition) is 3. The van der Waals surface area contributed by atoms with Crippen molar-refractivity contribution in [1.82, 2.24) is 4.90 Å². The number of amides is 1. The van der Waals surface area contributed by atoms with Gasteiger partial charge in [-0.25, -0.2) is 4.39 Å². The molecule has 30 heavy (non-hydrogen) atoms. The average molecular weight is 404 g/mol. The van der Waals surface area contributed by atoms with Gasteiger partial charge in [0.1, 0.15) is 17.3 Å². The van der Waals surface area contributed by atoms with Crippen LogP contribution in [0.3, 0.4) is 0 Å². The van der Waals surface area contributed by atoms with Crippen LogP contribution in [0, 0.1) is 11.7 Å². The number of anilines is 1. The van der Waals surface area contributed by atoms with Gasteiger partial charge in [0.25, 0.3) is 0 Å². The summed E-state index contributed by atoms with van der Waals surface area (Å²) in [6.07, 6.45) is 1.77. The molecular weight excluding hydrogens is 379 g/mol. The zero-order chi connectivity index (χ0) is 20.8. The molecule has 0 aromatic heterocycles. The van der Waals surface area contributed by atoms with E-state index in [0.29, 0.717) is 24.4 Å². The van der Waals surface area contributed by atoms with E-state index < -0.39 is 0 Å². The fraction of sp³-hybridized carbons (Fsp3) is 0.240. The van der Waals surface area contributed by atoms with Crippen LogP contribution in [0.15, 0.2) is 78.9 Å². The molecular formula is C25H25FN2O2. The third-order valence-corrected chi connectivity index (χ3v) is 5.33. The summed E-state index contributed by atoms with van der Waals surface area (Å²) in [7, 11) is 0. The highest BCUT2D eigenvalue weighted by molar-refractivity contribution is 5.92. The molecule has 1 atom stereocenters. The highest BCUT2D eigenvalue weighted by Crippen LogP contribution is 2.24. The van der Waals surface area contributed by atoms with Crippen molar-refractivity contribution in [2.45, 2.75) is 19.4 Å². The lowest BCUT2D eigenvalue weighted by Gasteiger charge is -2.32. The summed E-state index contributed by atoms with van der Waals surface area (Å²) in [4.78, 5) is 14.9. The second-order valence-electron chi connectivity index (χ2n) is 7.59. The van der Waals surface area contributed by atoms with Crippen LogP contribution in [0.4, 0.5) is 10.1 Å². The smallest absolute Gasteiger partial charge is 0.228 e. The Morgan fingerprint density at radius 1 is 0.967 bits per heavy atom. The topological polar surface area (TPSA) is 41.6 Å². The van der Waals surface area contributed by atoms with Crippen molar-refractivity contribution in [3.8, 4) is 11.5 Å². The predicted octanol–water partition coefficient (Wildman–Crippen LogP) is 5.47. The largest absolute Gasteiger partial charge is 0.457 e. The van der Waals surface area contributed by atoms with Crippen LogP contribution < -0.4 is 10.1 Å². The first-order valence-electron chi connectivity index (χ1n) is 10.3. The molecule has 0 spiro atoms. The van der Waals surface area contributed by atoms with Crippen LogP contribution in [-0.4, -0.2) is 23.9 Å². The van der Waals surface area contributed by atoms with Crippen LogP contribution in [0.1, 0.15) is 18.4 Å². The highest BCUT2D eigenvalue weighted by Gasteiger charge is 2.26. The van der Waals surface area contributed by atoms with Crippen LogP contribution >= 0.6 is 0 Å². The van der Waals surface area contributed by atoms with Gasteiger partial charge in [-0.1, -0.05) is 36.4 Å². The average Bonchev–Trinajstić information content (AvgIpc) is 2.78. The van der Waals surface area contributed by atoms with Crippen molar-refractivity contribution in [2.75, 3.05) is 18.4 Å². The zero-order valence-electron chi connectivity index (χ0n) is 16.8. The van der Waals surface area contributed by atoms with E-state index in [-0.39, 0.29) is 17.6 Å². The van der Waals surface area contributed by atoms with E-state index in [4.69, 9.17) is 4.74 Å². The van der Waals surface area contributed by atoms with E-state index in [0.717, 1.165) is 30.8 Å². The van der Waals surface area contributed by atoms with E-state index in [1.807, 2.05) is 60.7 Å². The maximum atomic E-state index is 13.9. The van der Waals surface area contributed by atoms with E-state index in [2.05, 4.69) is 10.2 Å². The second-order valence-corrected chi connectivity index (χ2v) is 7.59. The summed E-state index contributed by atoms with van der Waals surface area (Å²) in [6.45, 7) is 2.04. The molecule has 1 heterocycles. The molecule has 1 aliphatic heterocycles. The van der Waals surface area contributed by atoms with Gasteiger partial charge in [-0.15, -0.1) is 0 Å². The number of carbonyl (C=O) groups is 1. The Balaban J connectivity index is 1.32. The molecule has 1 amide bonds. The quantitative estimate of drug-likeness (QED) is 0.592. The van der Waals surface area contributed by atoms with Crippen molar-refractivity contribution < 1.29 is 13.9 Å². The number of nitrogens with one attached hydrogen (secondary N) is 1. The molecule has 154 valence electrons. The molecule has 5 heteroatoms. The van der Waals surface area contributed by atoms with Crippen molar-refractivity contribution >= 4 is 11.6 Å². The van der Waals surface area contributed by atoms with Gasteiger partial charge in [0.05, 0.1) is 5.92 Å². The molecule has 1 saturated heterocycles. The number of likely N-dealkylation sites (tertiary alicyclic amines) is 1. The van der Waals surface area contributed by atoms with E-state index in [1.54, 1.807) is 12.1 Å². The highest BCUT2D eigenvalue weighted by atomic mass is 19.1. The molecule has 0 bridgehead atoms. The van der Waals surface area contributed by atoms with Gasteiger partial charge in [-0.2, -0.15) is 0 Å². The third kappa shape index (κ3) is 5.24. The molecule has 1 fully saturated rings. The number of para-hydroxylation sites is 1. The maximum Gasteiger partial charge on any atom is 0.228 e. The van der Waals surface area contributed by atoms with Crippen molar-refractivity contribution in [1.29, 1.82) is 0 Å². The summed E-state index contributed by atoms with van der Waals surface area (Å²) in [5, 5.41) is 3.00. The van der Waals surface area contributed by atoms with E-state index in [9.17, 15) is 9.18 Å². The van der Waals surface area contributed by atoms with Crippen molar-refractivity contribution in [2.24, 2.45) is 5.92 Å². The Hall–Kier alpha value is -3.18. The third-order valence-electron chi connectivity index (χ3n) is 5.33. The van der Waals surface area contributed by atoms with E-state index >= 15 is 0 Å². The lowest BCUT2D eigenvalue weighted by atomic mass is 9.96. The van der Waals surface area contributed by atoms with Gasteiger partial charge < -0.3 is 10.1 Å². The Labute approximate surface area is 176 Å². The first-order chi connectivity index (χ1) is 14.7. The summed E-state index contributed by atoms with van der Waals surface area (Å²) in [5.74, 6) is 1.19. The molecule has 0 saturated carbocycles. The summed E-state index contributed by atoms with van der Waals surface area (Å²) >= 11 is 0. The Morgan fingerprint density at radius 2 is 1.67 bits per heavy atom. The molecule has 1 unspecified atom stereocenters. The first-order valence-corrected chi connectivity index (χ1v) is 10.3. The Bertz CT molecular complexity index is 976. The number of carbonyl (C=O) groups excluding carboxylic acids is 1. The number of benzene rings is 3. The van der Waals surface area contributed by atoms with Crippen molar-refractivity contribution in [3.63, 3.8) is 0 Å². The summed E-state index contributed by atoms with van der Waals surface area (Å²) < 4.78 is 19.7. The van der Waals surface area contributed by atoms with Crippen molar-refractivity contribution in [3.05, 3.63) is 90.2 Å². The van der Waals surface area contributed by atoms with Gasteiger partial charge >= 0.3 is 0 Å². The van der Waals surface area contributed by atoms with Crippen LogP contribution in [0.5, 0.6) is 11.5 Å². The number of ether oxygens (including phenoxy) is 1. The molecule has 1 N–H and O–H groups in total. The molecule has 4 nitrogen and oxygen atoms in total. The minimum atomic E-state index is -0.193. The lowest BCUT2D eigenvalue weighted by Crippen LogP contribution is -2.40. The Kier molecular flexibility index (Phi) is 6.40. The fourth-order valence-electron chi connectivity index (χ4n) is 3.76. The lowest BCUT2D eigenvalue weighted by molar-refractivity contribution is -0.121.